The summed E-state index contributed by atoms with van der Waals surface area (Å²) in [5.74, 6) is -0.935. The molecule has 0 aliphatic carbocycles. The SMILES string of the molecule is C=C(CC(=O)C(OC)OC)C(=O)OCC. The lowest BCUT2D eigenvalue weighted by molar-refractivity contribution is -0.156. The molecule has 0 aromatic heterocycles. The Bertz CT molecular complexity index is 242. The number of ether oxygens (including phenoxy) is 3. The molecule has 0 fully saturated rings. The molecule has 0 saturated carbocycles. The summed E-state index contributed by atoms with van der Waals surface area (Å²) < 4.78 is 14.2. The quantitative estimate of drug-likeness (QED) is 0.356. The van der Waals surface area contributed by atoms with Crippen LogP contribution in [0, 0.1) is 0 Å². The van der Waals surface area contributed by atoms with Gasteiger partial charge in [0, 0.05) is 26.2 Å². The fourth-order valence-corrected chi connectivity index (χ4v) is 0.958. The van der Waals surface area contributed by atoms with E-state index in [0.29, 0.717) is 0 Å². The van der Waals surface area contributed by atoms with Crippen LogP contribution in [0.3, 0.4) is 0 Å². The molecule has 0 aromatic rings. The Kier molecular flexibility index (Phi) is 6.57. The van der Waals surface area contributed by atoms with E-state index in [4.69, 9.17) is 9.47 Å². The minimum Gasteiger partial charge on any atom is -0.463 e. The molecular formula is C10H16O5. The number of esters is 1. The van der Waals surface area contributed by atoms with Gasteiger partial charge in [0.05, 0.1) is 6.61 Å². The van der Waals surface area contributed by atoms with Crippen molar-refractivity contribution >= 4 is 11.8 Å². The Morgan fingerprint density at radius 1 is 1.27 bits per heavy atom. The van der Waals surface area contributed by atoms with Crippen molar-refractivity contribution in [3.8, 4) is 0 Å². The summed E-state index contributed by atoms with van der Waals surface area (Å²) in [5, 5.41) is 0. The normalized spacial score (nSPS) is 10.1. The summed E-state index contributed by atoms with van der Waals surface area (Å²) in [6.45, 7) is 5.39. The summed E-state index contributed by atoms with van der Waals surface area (Å²) >= 11 is 0. The van der Waals surface area contributed by atoms with Crippen molar-refractivity contribution in [3.05, 3.63) is 12.2 Å². The van der Waals surface area contributed by atoms with Gasteiger partial charge in [-0.25, -0.2) is 4.79 Å². The van der Waals surface area contributed by atoms with Gasteiger partial charge < -0.3 is 14.2 Å². The van der Waals surface area contributed by atoms with Gasteiger partial charge in [0.25, 0.3) is 0 Å². The van der Waals surface area contributed by atoms with Crippen LogP contribution in [0.5, 0.6) is 0 Å². The third-order valence-corrected chi connectivity index (χ3v) is 1.64. The van der Waals surface area contributed by atoms with Gasteiger partial charge in [-0.3, -0.25) is 4.79 Å². The third kappa shape index (κ3) is 4.71. The average Bonchev–Trinajstić information content (AvgIpc) is 2.19. The molecule has 0 bridgehead atoms. The Morgan fingerprint density at radius 2 is 1.80 bits per heavy atom. The van der Waals surface area contributed by atoms with Crippen LogP contribution in [0.15, 0.2) is 12.2 Å². The van der Waals surface area contributed by atoms with E-state index in [1.807, 2.05) is 0 Å². The first-order valence-corrected chi connectivity index (χ1v) is 4.50. The van der Waals surface area contributed by atoms with Crippen LogP contribution in [0.4, 0.5) is 0 Å². The highest BCUT2D eigenvalue weighted by molar-refractivity contribution is 5.96. The lowest BCUT2D eigenvalue weighted by Crippen LogP contribution is -2.26. The summed E-state index contributed by atoms with van der Waals surface area (Å²) in [6.07, 6.45) is -1.10. The highest BCUT2D eigenvalue weighted by Crippen LogP contribution is 2.06. The number of Topliss-reactive ketones (excluding diaryl/α,β-unsaturated/α-hetero) is 1. The molecule has 0 atom stereocenters. The lowest BCUT2D eigenvalue weighted by atomic mass is 10.1. The van der Waals surface area contributed by atoms with E-state index in [9.17, 15) is 9.59 Å². The Morgan fingerprint density at radius 3 is 2.20 bits per heavy atom. The van der Waals surface area contributed by atoms with Gasteiger partial charge in [-0.2, -0.15) is 0 Å². The summed E-state index contributed by atoms with van der Waals surface area (Å²) in [5.41, 5.74) is 0.0981. The number of methoxy groups -OCH3 is 2. The second kappa shape index (κ2) is 7.14. The van der Waals surface area contributed by atoms with Gasteiger partial charge in [0.1, 0.15) is 0 Å². The minimum absolute atomic E-state index is 0.0981. The number of carbonyl (C=O) groups excluding carboxylic acids is 2. The van der Waals surface area contributed by atoms with E-state index in [1.165, 1.54) is 14.2 Å². The monoisotopic (exact) mass is 216 g/mol. The highest BCUT2D eigenvalue weighted by atomic mass is 16.7. The summed E-state index contributed by atoms with van der Waals surface area (Å²) in [6, 6.07) is 0. The van der Waals surface area contributed by atoms with E-state index in [2.05, 4.69) is 11.3 Å². The third-order valence-electron chi connectivity index (χ3n) is 1.64. The Balaban J connectivity index is 4.17. The standard InChI is InChI=1S/C10H16O5/c1-5-15-9(12)7(2)6-8(11)10(13-3)14-4/h10H,2,5-6H2,1,3-4H3. The van der Waals surface area contributed by atoms with E-state index in [-0.39, 0.29) is 24.4 Å². The molecule has 0 saturated heterocycles. The van der Waals surface area contributed by atoms with E-state index in [0.717, 1.165) is 0 Å². The topological polar surface area (TPSA) is 61.8 Å². The molecular weight excluding hydrogens is 200 g/mol. The molecule has 0 radical (unpaired) electrons. The molecule has 0 aromatic carbocycles. The maximum atomic E-state index is 11.4. The first kappa shape index (κ1) is 13.8. The summed E-state index contributed by atoms with van der Waals surface area (Å²) in [7, 11) is 2.69. The van der Waals surface area contributed by atoms with Crippen molar-refractivity contribution in [2.45, 2.75) is 19.6 Å². The fraction of sp³-hybridized carbons (Fsp3) is 0.600. The fourth-order valence-electron chi connectivity index (χ4n) is 0.958. The van der Waals surface area contributed by atoms with Crippen LogP contribution >= 0.6 is 0 Å². The molecule has 5 heteroatoms. The molecule has 0 heterocycles. The van der Waals surface area contributed by atoms with E-state index >= 15 is 0 Å². The second-order valence-corrected chi connectivity index (χ2v) is 2.77. The lowest BCUT2D eigenvalue weighted by Gasteiger charge is -2.12. The van der Waals surface area contributed by atoms with Crippen LogP contribution < -0.4 is 0 Å². The van der Waals surface area contributed by atoms with Gasteiger partial charge in [-0.15, -0.1) is 0 Å². The number of carbonyl (C=O) groups is 2. The molecule has 0 rings (SSSR count). The predicted molar refractivity (Wildman–Crippen MR) is 53.2 cm³/mol. The first-order valence-electron chi connectivity index (χ1n) is 4.50. The zero-order valence-corrected chi connectivity index (χ0v) is 9.24. The van der Waals surface area contributed by atoms with E-state index in [1.54, 1.807) is 6.92 Å². The first-order chi connectivity index (χ1) is 7.06. The molecule has 0 spiro atoms. The van der Waals surface area contributed by atoms with Crippen LogP contribution in [-0.2, 0) is 23.8 Å². The predicted octanol–water partition coefficient (Wildman–Crippen LogP) is 0.684. The zero-order valence-electron chi connectivity index (χ0n) is 9.24. The van der Waals surface area contributed by atoms with Crippen molar-refractivity contribution in [2.24, 2.45) is 0 Å². The number of rotatable bonds is 7. The maximum absolute atomic E-state index is 11.4. The minimum atomic E-state index is -0.962. The maximum Gasteiger partial charge on any atom is 0.333 e. The number of hydrogen-bond acceptors (Lipinski definition) is 5. The average molecular weight is 216 g/mol. The van der Waals surface area contributed by atoms with Crippen LogP contribution in [0.25, 0.3) is 0 Å². The molecule has 0 aliphatic heterocycles. The molecule has 15 heavy (non-hydrogen) atoms. The van der Waals surface area contributed by atoms with Gasteiger partial charge in [0.15, 0.2) is 5.78 Å². The van der Waals surface area contributed by atoms with Crippen molar-refractivity contribution in [1.29, 1.82) is 0 Å². The van der Waals surface area contributed by atoms with Gasteiger partial charge in [-0.1, -0.05) is 6.58 Å². The largest absolute Gasteiger partial charge is 0.463 e. The van der Waals surface area contributed by atoms with Gasteiger partial charge in [0.2, 0.25) is 6.29 Å². The van der Waals surface area contributed by atoms with Crippen LogP contribution in [0.2, 0.25) is 0 Å². The van der Waals surface area contributed by atoms with Crippen molar-refractivity contribution in [3.63, 3.8) is 0 Å². The van der Waals surface area contributed by atoms with E-state index < -0.39 is 12.3 Å². The zero-order chi connectivity index (χ0) is 11.8. The van der Waals surface area contributed by atoms with Gasteiger partial charge in [-0.05, 0) is 6.92 Å². The second-order valence-electron chi connectivity index (χ2n) is 2.77. The Labute approximate surface area is 89.0 Å². The van der Waals surface area contributed by atoms with Gasteiger partial charge >= 0.3 is 5.97 Å². The van der Waals surface area contributed by atoms with Crippen molar-refractivity contribution < 1.29 is 23.8 Å². The van der Waals surface area contributed by atoms with Crippen molar-refractivity contribution in [2.75, 3.05) is 20.8 Å². The highest BCUT2D eigenvalue weighted by Gasteiger charge is 2.20. The van der Waals surface area contributed by atoms with Crippen LogP contribution in [0.1, 0.15) is 13.3 Å². The molecule has 0 aliphatic rings. The molecule has 86 valence electrons. The Hall–Kier alpha value is -1.20. The number of ketones is 1. The molecule has 0 amide bonds. The summed E-state index contributed by atoms with van der Waals surface area (Å²) in [4.78, 5) is 22.5. The molecule has 5 nitrogen and oxygen atoms in total. The number of hydrogen-bond donors (Lipinski definition) is 0. The van der Waals surface area contributed by atoms with Crippen LogP contribution in [-0.4, -0.2) is 38.9 Å². The molecule has 0 unspecified atom stereocenters. The van der Waals surface area contributed by atoms with Crippen molar-refractivity contribution in [1.82, 2.24) is 0 Å². The smallest absolute Gasteiger partial charge is 0.333 e. The molecule has 0 N–H and O–H groups in total.